The summed E-state index contributed by atoms with van der Waals surface area (Å²) in [5.74, 6) is -1.82. The Morgan fingerprint density at radius 3 is 2.28 bits per heavy atom. The number of morpholine rings is 1. The molecule has 3 amide bonds. The third-order valence-corrected chi connectivity index (χ3v) is 10.1. The van der Waals surface area contributed by atoms with E-state index < -0.39 is 35.1 Å². The smallest absolute Gasteiger partial charge is 0.248 e. The number of hydrogen-bond acceptors (Lipinski definition) is 7. The van der Waals surface area contributed by atoms with Crippen molar-refractivity contribution in [1.29, 1.82) is 0 Å². The lowest BCUT2D eigenvalue weighted by atomic mass is 9.64. The van der Waals surface area contributed by atoms with E-state index in [4.69, 9.17) is 9.47 Å². The maximum absolute atomic E-state index is 14.8. The monoisotopic (exact) mass is 602 g/mol. The van der Waals surface area contributed by atoms with Gasteiger partial charge < -0.3 is 29.3 Å². The first-order valence-electron chi connectivity index (χ1n) is 16.4. The third kappa shape index (κ3) is 6.17. The van der Waals surface area contributed by atoms with Gasteiger partial charge >= 0.3 is 0 Å². The molecule has 0 radical (unpaired) electrons. The predicted molar refractivity (Wildman–Crippen MR) is 165 cm³/mol. The van der Waals surface area contributed by atoms with E-state index in [1.165, 1.54) is 0 Å². The molecule has 4 heterocycles. The first-order valence-corrected chi connectivity index (χ1v) is 16.4. The first kappa shape index (κ1) is 33.6. The molecule has 4 rings (SSSR count). The molecule has 0 aromatic rings. The molecule has 0 saturated carbocycles. The van der Waals surface area contributed by atoms with Crippen LogP contribution in [0.15, 0.2) is 25.3 Å². The molecule has 0 aromatic carbocycles. The molecule has 242 valence electrons. The van der Waals surface area contributed by atoms with Crippen molar-refractivity contribution >= 4 is 17.7 Å². The highest BCUT2D eigenvalue weighted by atomic mass is 16.5. The van der Waals surface area contributed by atoms with Gasteiger partial charge in [-0.1, -0.05) is 39.8 Å². The van der Waals surface area contributed by atoms with E-state index in [1.807, 2.05) is 27.7 Å². The standard InChI is InChI=1S/C33H54N4O6/c1-7-13-35(14-8-2)29(39)26-27-30(40)37(25(23-38)22-24(5)6)28(33(27)12-11-32(26,10-4)43-33)31(41)36(15-9-3)17-16-34-18-20-42-21-19-34/h7,9,24-28,38H,1,3,8,10-23H2,2,4-6H3/t25-,26+,27+,28?,32-,33?/m1/s1. The zero-order chi connectivity index (χ0) is 31.4. The number of carbonyl (C=O) groups is 3. The Morgan fingerprint density at radius 1 is 1.07 bits per heavy atom. The van der Waals surface area contributed by atoms with Crippen LogP contribution in [0, 0.1) is 17.8 Å². The van der Waals surface area contributed by atoms with Gasteiger partial charge in [0.05, 0.1) is 43.3 Å². The van der Waals surface area contributed by atoms with E-state index >= 15 is 0 Å². The van der Waals surface area contributed by atoms with Gasteiger partial charge in [-0.15, -0.1) is 13.2 Å². The van der Waals surface area contributed by atoms with Gasteiger partial charge in [0.15, 0.2) is 0 Å². The van der Waals surface area contributed by atoms with Crippen molar-refractivity contribution in [1.82, 2.24) is 19.6 Å². The Morgan fingerprint density at radius 2 is 1.72 bits per heavy atom. The van der Waals surface area contributed by atoms with Gasteiger partial charge in [0.2, 0.25) is 17.7 Å². The molecule has 1 N–H and O–H groups in total. The number of aliphatic hydroxyl groups excluding tert-OH is 1. The fourth-order valence-electron chi connectivity index (χ4n) is 8.15. The van der Waals surface area contributed by atoms with Crippen LogP contribution in [0.25, 0.3) is 0 Å². The van der Waals surface area contributed by atoms with E-state index in [2.05, 4.69) is 18.1 Å². The quantitative estimate of drug-likeness (QED) is 0.271. The molecule has 1 spiro atoms. The average molecular weight is 603 g/mol. The van der Waals surface area contributed by atoms with Crippen molar-refractivity contribution in [2.75, 3.05) is 65.6 Å². The molecule has 0 aromatic heterocycles. The van der Waals surface area contributed by atoms with Crippen LogP contribution < -0.4 is 0 Å². The highest BCUT2D eigenvalue weighted by molar-refractivity contribution is 5.99. The zero-order valence-corrected chi connectivity index (χ0v) is 26.8. The maximum atomic E-state index is 14.8. The summed E-state index contributed by atoms with van der Waals surface area (Å²) in [6, 6.07) is -1.47. The van der Waals surface area contributed by atoms with E-state index in [-0.39, 0.29) is 30.2 Å². The van der Waals surface area contributed by atoms with Crippen LogP contribution in [0.2, 0.25) is 0 Å². The molecule has 4 aliphatic rings. The Balaban J connectivity index is 1.76. The lowest BCUT2D eigenvalue weighted by molar-refractivity contribution is -0.158. The van der Waals surface area contributed by atoms with Gasteiger partial charge in [-0.3, -0.25) is 19.3 Å². The van der Waals surface area contributed by atoms with Crippen LogP contribution in [0.4, 0.5) is 0 Å². The SMILES string of the molecule is C=CCN(CCN1CCOCC1)C(=O)C1N([C@@H](CO)CC(C)C)C(=O)[C@@H]2[C@@H](C(=O)N(CC=C)CCC)[C@@]3(CC)CCC12O3. The maximum Gasteiger partial charge on any atom is 0.248 e. The number of carbonyl (C=O) groups excluding carboxylic acids is 3. The van der Waals surface area contributed by atoms with Crippen LogP contribution in [0.1, 0.15) is 59.8 Å². The van der Waals surface area contributed by atoms with Crippen LogP contribution in [-0.2, 0) is 23.9 Å². The Labute approximate surface area is 258 Å². The minimum atomic E-state index is -1.13. The number of rotatable bonds is 16. The summed E-state index contributed by atoms with van der Waals surface area (Å²) in [6.07, 6.45) is 6.47. The summed E-state index contributed by atoms with van der Waals surface area (Å²) in [7, 11) is 0. The second-order valence-electron chi connectivity index (χ2n) is 13.1. The topological polar surface area (TPSA) is 103 Å². The van der Waals surface area contributed by atoms with Gasteiger partial charge in [0, 0.05) is 45.8 Å². The third-order valence-electron chi connectivity index (χ3n) is 10.1. The number of amides is 3. The number of likely N-dealkylation sites (tertiary alicyclic amines) is 1. The zero-order valence-electron chi connectivity index (χ0n) is 26.8. The Bertz CT molecular complexity index is 1030. The summed E-state index contributed by atoms with van der Waals surface area (Å²) >= 11 is 0. The van der Waals surface area contributed by atoms with Crippen LogP contribution in [-0.4, -0.2) is 131 Å². The van der Waals surface area contributed by atoms with E-state index in [9.17, 15) is 19.5 Å². The molecule has 10 heteroatoms. The van der Waals surface area contributed by atoms with Gasteiger partial charge in [0.25, 0.3) is 0 Å². The second kappa shape index (κ2) is 14.2. The molecule has 43 heavy (non-hydrogen) atoms. The van der Waals surface area contributed by atoms with Gasteiger partial charge in [-0.05, 0) is 38.0 Å². The largest absolute Gasteiger partial charge is 0.394 e. The highest BCUT2D eigenvalue weighted by Gasteiger charge is 2.79. The van der Waals surface area contributed by atoms with E-state index in [0.717, 1.165) is 19.5 Å². The minimum absolute atomic E-state index is 0.101. The summed E-state index contributed by atoms with van der Waals surface area (Å²) in [5.41, 5.74) is -1.93. The minimum Gasteiger partial charge on any atom is -0.394 e. The molecule has 2 bridgehead atoms. The van der Waals surface area contributed by atoms with Gasteiger partial charge in [-0.2, -0.15) is 0 Å². The van der Waals surface area contributed by atoms with E-state index in [0.29, 0.717) is 71.6 Å². The predicted octanol–water partition coefficient (Wildman–Crippen LogP) is 2.32. The molecule has 4 aliphatic heterocycles. The second-order valence-corrected chi connectivity index (χ2v) is 13.1. The summed E-state index contributed by atoms with van der Waals surface area (Å²) in [6.45, 7) is 21.0. The lowest BCUT2D eigenvalue weighted by Crippen LogP contribution is -2.59. The number of ether oxygens (including phenoxy) is 2. The fraction of sp³-hybridized carbons (Fsp3) is 0.788. The van der Waals surface area contributed by atoms with Crippen LogP contribution in [0.3, 0.4) is 0 Å². The molecule has 4 saturated heterocycles. The van der Waals surface area contributed by atoms with Crippen molar-refractivity contribution in [3.05, 3.63) is 25.3 Å². The number of hydrogen-bond donors (Lipinski definition) is 1. The summed E-state index contributed by atoms with van der Waals surface area (Å²) < 4.78 is 12.5. The molecular formula is C33H54N4O6. The van der Waals surface area contributed by atoms with Crippen molar-refractivity contribution in [3.8, 4) is 0 Å². The number of aliphatic hydroxyl groups is 1. The van der Waals surface area contributed by atoms with Crippen molar-refractivity contribution in [2.24, 2.45) is 17.8 Å². The van der Waals surface area contributed by atoms with Gasteiger partial charge in [0.1, 0.15) is 11.6 Å². The Hall–Kier alpha value is -2.27. The first-order chi connectivity index (χ1) is 20.6. The molecule has 4 fully saturated rings. The fourth-order valence-corrected chi connectivity index (χ4v) is 8.15. The summed E-state index contributed by atoms with van der Waals surface area (Å²) in [5, 5.41) is 10.6. The Kier molecular flexibility index (Phi) is 11.1. The molecular weight excluding hydrogens is 548 g/mol. The molecule has 6 atom stereocenters. The summed E-state index contributed by atoms with van der Waals surface area (Å²) in [4.78, 5) is 51.3. The molecule has 2 unspecified atom stereocenters. The number of fused-ring (bicyclic) bond motifs is 1. The molecule has 0 aliphatic carbocycles. The van der Waals surface area contributed by atoms with E-state index in [1.54, 1.807) is 26.9 Å². The lowest BCUT2D eigenvalue weighted by Gasteiger charge is -2.40. The van der Waals surface area contributed by atoms with Crippen molar-refractivity contribution in [3.63, 3.8) is 0 Å². The van der Waals surface area contributed by atoms with Crippen molar-refractivity contribution < 1.29 is 29.0 Å². The van der Waals surface area contributed by atoms with Crippen molar-refractivity contribution in [2.45, 2.75) is 83.1 Å². The average Bonchev–Trinajstić information content (AvgIpc) is 3.61. The normalized spacial score (nSPS) is 30.9. The van der Waals surface area contributed by atoms with Crippen LogP contribution >= 0.6 is 0 Å². The van der Waals surface area contributed by atoms with Gasteiger partial charge in [-0.25, -0.2) is 0 Å². The molecule has 10 nitrogen and oxygen atoms in total. The number of nitrogens with zero attached hydrogens (tertiary/aromatic N) is 4. The van der Waals surface area contributed by atoms with Crippen LogP contribution in [0.5, 0.6) is 0 Å². The highest BCUT2D eigenvalue weighted by Crippen LogP contribution is 2.65.